The Morgan fingerprint density at radius 1 is 0.760 bits per heavy atom. The molecule has 4 nitrogen and oxygen atoms in total. The van der Waals surface area contributed by atoms with E-state index in [4.69, 9.17) is 0 Å². The first-order chi connectivity index (χ1) is 11.1. The van der Waals surface area contributed by atoms with Gasteiger partial charge in [0.2, 0.25) is 5.75 Å². The van der Waals surface area contributed by atoms with Gasteiger partial charge in [-0.2, -0.15) is 0 Å². The number of hydrogen-bond acceptors (Lipinski definition) is 4. The van der Waals surface area contributed by atoms with E-state index in [1.807, 2.05) is 0 Å². The largest absolute Gasteiger partial charge is 0.573 e. The molecule has 0 fully saturated rings. The number of rotatable bonds is 5. The van der Waals surface area contributed by atoms with Crippen LogP contribution in [0.25, 0.3) is 0 Å². The maximum absolute atomic E-state index is 12.4. The van der Waals surface area contributed by atoms with Crippen LogP contribution in [0.5, 0.6) is 17.2 Å². The van der Waals surface area contributed by atoms with Gasteiger partial charge in [0.25, 0.3) is 0 Å². The van der Waals surface area contributed by atoms with Crippen LogP contribution in [-0.2, 0) is 0 Å². The lowest BCUT2D eigenvalue weighted by Crippen LogP contribution is -2.24. The number of halogens is 9. The molecule has 0 heterocycles. The van der Waals surface area contributed by atoms with Gasteiger partial charge in [0, 0.05) is 6.04 Å². The van der Waals surface area contributed by atoms with Crippen molar-refractivity contribution < 1.29 is 53.7 Å². The summed E-state index contributed by atoms with van der Waals surface area (Å²) < 4.78 is 122. The van der Waals surface area contributed by atoms with Crippen LogP contribution in [0.1, 0.15) is 18.5 Å². The molecule has 0 amide bonds. The summed E-state index contributed by atoms with van der Waals surface area (Å²) in [6, 6.07) is 0.0730. The highest BCUT2D eigenvalue weighted by atomic mass is 19.4. The van der Waals surface area contributed by atoms with Crippen molar-refractivity contribution in [1.82, 2.24) is 5.32 Å². The summed E-state index contributed by atoms with van der Waals surface area (Å²) in [4.78, 5) is 0. The third kappa shape index (κ3) is 7.15. The highest BCUT2D eigenvalue weighted by molar-refractivity contribution is 5.54. The quantitative estimate of drug-likeness (QED) is 0.746. The third-order valence-corrected chi connectivity index (χ3v) is 2.65. The van der Waals surface area contributed by atoms with Gasteiger partial charge in [-0.3, -0.25) is 0 Å². The molecule has 13 heteroatoms. The van der Waals surface area contributed by atoms with Crippen LogP contribution in [0.2, 0.25) is 0 Å². The SMILES string of the molecule is CNC(C)c1cc(OC(F)(F)F)c(OC(F)(F)F)c(OC(F)(F)F)c1. The highest BCUT2D eigenvalue weighted by Gasteiger charge is 2.41. The van der Waals surface area contributed by atoms with Crippen molar-refractivity contribution in [1.29, 1.82) is 0 Å². The topological polar surface area (TPSA) is 39.7 Å². The summed E-state index contributed by atoms with van der Waals surface area (Å²) in [5.74, 6) is -5.18. The lowest BCUT2D eigenvalue weighted by Gasteiger charge is -2.21. The Bertz CT molecular complexity index is 558. The number of ether oxygens (including phenoxy) is 3. The van der Waals surface area contributed by atoms with E-state index in [0.29, 0.717) is 12.1 Å². The Balaban J connectivity index is 3.58. The molecule has 0 aliphatic heterocycles. The number of alkyl halides is 9. The van der Waals surface area contributed by atoms with Crippen LogP contribution in [0.3, 0.4) is 0 Å². The van der Waals surface area contributed by atoms with E-state index in [1.165, 1.54) is 14.0 Å². The first kappa shape index (κ1) is 21.0. The van der Waals surface area contributed by atoms with Gasteiger partial charge in [-0.15, -0.1) is 39.5 Å². The maximum Gasteiger partial charge on any atom is 0.573 e. The van der Waals surface area contributed by atoms with Crippen molar-refractivity contribution in [2.45, 2.75) is 32.1 Å². The summed E-state index contributed by atoms with van der Waals surface area (Å²) in [7, 11) is 1.32. The van der Waals surface area contributed by atoms with Gasteiger partial charge < -0.3 is 19.5 Å². The molecule has 25 heavy (non-hydrogen) atoms. The van der Waals surface area contributed by atoms with Crippen LogP contribution >= 0.6 is 0 Å². The highest BCUT2D eigenvalue weighted by Crippen LogP contribution is 2.46. The van der Waals surface area contributed by atoms with Gasteiger partial charge in [0.1, 0.15) is 0 Å². The van der Waals surface area contributed by atoms with Crippen molar-refractivity contribution in [3.05, 3.63) is 17.7 Å². The first-order valence-corrected chi connectivity index (χ1v) is 6.23. The second-order valence-electron chi connectivity index (χ2n) is 4.50. The normalized spacial score (nSPS) is 14.2. The molecule has 144 valence electrons. The van der Waals surface area contributed by atoms with Crippen LogP contribution in [0, 0.1) is 0 Å². The van der Waals surface area contributed by atoms with Crippen molar-refractivity contribution in [3.63, 3.8) is 0 Å². The van der Waals surface area contributed by atoms with E-state index in [1.54, 1.807) is 0 Å². The summed E-state index contributed by atoms with van der Waals surface area (Å²) in [5, 5.41) is 2.49. The Morgan fingerprint density at radius 2 is 1.12 bits per heavy atom. The van der Waals surface area contributed by atoms with Gasteiger partial charge >= 0.3 is 19.1 Å². The molecule has 0 saturated carbocycles. The molecule has 0 aliphatic rings. The average Bonchev–Trinajstić information content (AvgIpc) is 2.36. The van der Waals surface area contributed by atoms with Crippen LogP contribution in [-0.4, -0.2) is 26.1 Å². The smallest absolute Gasteiger partial charge is 0.402 e. The molecule has 0 radical (unpaired) electrons. The standard InChI is InChI=1S/C12H10F9NO3/c1-5(22-2)6-3-7(23-10(13,14)15)9(25-12(19,20)21)8(4-6)24-11(16,17)18/h3-5,22H,1-2H3. The molecule has 0 aromatic heterocycles. The second-order valence-corrected chi connectivity index (χ2v) is 4.50. The van der Waals surface area contributed by atoms with E-state index in [-0.39, 0.29) is 5.56 Å². The molecule has 1 N–H and O–H groups in total. The minimum atomic E-state index is -5.59. The number of nitrogens with one attached hydrogen (secondary N) is 1. The van der Waals surface area contributed by atoms with Crippen LogP contribution < -0.4 is 19.5 Å². The molecule has 0 bridgehead atoms. The third-order valence-electron chi connectivity index (χ3n) is 2.65. The zero-order chi connectivity index (χ0) is 19.6. The zero-order valence-electron chi connectivity index (χ0n) is 12.4. The molecule has 1 aromatic carbocycles. The summed E-state index contributed by atoms with van der Waals surface area (Å²) >= 11 is 0. The van der Waals surface area contributed by atoms with E-state index in [9.17, 15) is 39.5 Å². The molecule has 0 saturated heterocycles. The van der Waals surface area contributed by atoms with E-state index < -0.39 is 42.4 Å². The van der Waals surface area contributed by atoms with Crippen molar-refractivity contribution in [2.75, 3.05) is 7.05 Å². The van der Waals surface area contributed by atoms with Crippen molar-refractivity contribution >= 4 is 0 Å². The molecule has 0 spiro atoms. The van der Waals surface area contributed by atoms with Crippen LogP contribution in [0.15, 0.2) is 12.1 Å². The molecule has 1 unspecified atom stereocenters. The summed E-state index contributed by atoms with van der Waals surface area (Å²) in [6.07, 6.45) is -16.6. The van der Waals surface area contributed by atoms with Gasteiger partial charge in [-0.05, 0) is 31.7 Å². The second kappa shape index (κ2) is 7.06. The molecular weight excluding hydrogens is 377 g/mol. The number of benzene rings is 1. The molecule has 1 atom stereocenters. The van der Waals surface area contributed by atoms with Crippen molar-refractivity contribution in [3.8, 4) is 17.2 Å². The molecule has 0 aliphatic carbocycles. The monoisotopic (exact) mass is 387 g/mol. The fraction of sp³-hybridized carbons (Fsp3) is 0.500. The predicted molar refractivity (Wildman–Crippen MR) is 64.0 cm³/mol. The summed E-state index contributed by atoms with van der Waals surface area (Å²) in [6.45, 7) is 1.33. The Hall–Kier alpha value is -2.05. The van der Waals surface area contributed by atoms with Crippen molar-refractivity contribution in [2.24, 2.45) is 0 Å². The Labute approximate surface area is 134 Å². The first-order valence-electron chi connectivity index (χ1n) is 6.23. The Kier molecular flexibility index (Phi) is 5.93. The fourth-order valence-corrected chi connectivity index (χ4v) is 1.63. The van der Waals surface area contributed by atoms with Gasteiger partial charge in [-0.1, -0.05) is 0 Å². The van der Waals surface area contributed by atoms with E-state index in [2.05, 4.69) is 19.5 Å². The lowest BCUT2D eigenvalue weighted by atomic mass is 10.1. The minimum absolute atomic E-state index is 0.268. The lowest BCUT2D eigenvalue weighted by molar-refractivity contribution is -0.293. The molecular formula is C12H10F9NO3. The van der Waals surface area contributed by atoms with Crippen LogP contribution in [0.4, 0.5) is 39.5 Å². The maximum atomic E-state index is 12.4. The average molecular weight is 387 g/mol. The zero-order valence-corrected chi connectivity index (χ0v) is 12.4. The molecule has 1 rings (SSSR count). The van der Waals surface area contributed by atoms with Gasteiger partial charge in [-0.25, -0.2) is 0 Å². The fourth-order valence-electron chi connectivity index (χ4n) is 1.63. The number of hydrogen-bond donors (Lipinski definition) is 1. The van der Waals surface area contributed by atoms with Gasteiger partial charge in [0.05, 0.1) is 0 Å². The minimum Gasteiger partial charge on any atom is -0.402 e. The Morgan fingerprint density at radius 3 is 1.40 bits per heavy atom. The summed E-state index contributed by atoms with van der Waals surface area (Å²) in [5.41, 5.74) is -0.268. The van der Waals surface area contributed by atoms with E-state index >= 15 is 0 Å². The predicted octanol–water partition coefficient (Wildman–Crippen LogP) is 4.66. The van der Waals surface area contributed by atoms with E-state index in [0.717, 1.165) is 0 Å². The van der Waals surface area contributed by atoms with Gasteiger partial charge in [0.15, 0.2) is 11.5 Å². The molecule has 1 aromatic rings.